The highest BCUT2D eigenvalue weighted by atomic mass is 79.9. The Hall–Kier alpha value is -1.62. The number of rotatable bonds is 3. The average Bonchev–Trinajstić information content (AvgIpc) is 2.33. The molecule has 2 rings (SSSR count). The van der Waals surface area contributed by atoms with Crippen LogP contribution in [0.5, 0.6) is 5.88 Å². The Morgan fingerprint density at radius 2 is 2.00 bits per heavy atom. The van der Waals surface area contributed by atoms with E-state index in [9.17, 15) is 0 Å². The summed E-state index contributed by atoms with van der Waals surface area (Å²) in [5.74, 6) is 1.01. The Morgan fingerprint density at radius 1 is 1.25 bits per heavy atom. The molecular weight excluding hydrogens is 270 g/mol. The standard InChI is InChI=1S/C11H10BrN3O/c1-16-10-9(12)7-13-11(15-10)14-8-5-3-2-4-6-8/h2-7H,1H3,(H,13,14,15). The first kappa shape index (κ1) is 10.9. The third kappa shape index (κ3) is 2.49. The van der Waals surface area contributed by atoms with Gasteiger partial charge in [0.1, 0.15) is 0 Å². The van der Waals surface area contributed by atoms with Crippen molar-refractivity contribution in [1.29, 1.82) is 0 Å². The van der Waals surface area contributed by atoms with Crippen molar-refractivity contribution < 1.29 is 4.74 Å². The second-order valence-electron chi connectivity index (χ2n) is 3.04. The molecule has 0 amide bonds. The Morgan fingerprint density at radius 3 is 2.69 bits per heavy atom. The smallest absolute Gasteiger partial charge is 0.232 e. The second kappa shape index (κ2) is 4.94. The van der Waals surface area contributed by atoms with Gasteiger partial charge in [0.2, 0.25) is 11.8 Å². The highest BCUT2D eigenvalue weighted by molar-refractivity contribution is 9.10. The lowest BCUT2D eigenvalue weighted by Crippen LogP contribution is -1.99. The van der Waals surface area contributed by atoms with Gasteiger partial charge in [-0.05, 0) is 28.1 Å². The lowest BCUT2D eigenvalue weighted by molar-refractivity contribution is 0.394. The number of halogens is 1. The Balaban J connectivity index is 2.22. The number of para-hydroxylation sites is 1. The van der Waals surface area contributed by atoms with Crippen molar-refractivity contribution in [2.45, 2.75) is 0 Å². The zero-order valence-electron chi connectivity index (χ0n) is 8.64. The van der Waals surface area contributed by atoms with E-state index in [4.69, 9.17) is 4.74 Å². The lowest BCUT2D eigenvalue weighted by atomic mass is 10.3. The van der Waals surface area contributed by atoms with E-state index in [2.05, 4.69) is 31.2 Å². The Kier molecular flexibility index (Phi) is 3.36. The number of hydrogen-bond acceptors (Lipinski definition) is 4. The summed E-state index contributed by atoms with van der Waals surface area (Å²) in [6, 6.07) is 9.72. The van der Waals surface area contributed by atoms with Gasteiger partial charge in [0.05, 0.1) is 17.8 Å². The summed E-state index contributed by atoms with van der Waals surface area (Å²) in [4.78, 5) is 8.33. The van der Waals surface area contributed by atoms with Crippen LogP contribution in [0.4, 0.5) is 11.6 Å². The van der Waals surface area contributed by atoms with E-state index in [1.807, 2.05) is 30.3 Å². The van der Waals surface area contributed by atoms with Crippen LogP contribution in [0.1, 0.15) is 0 Å². The number of aromatic nitrogens is 2. The van der Waals surface area contributed by atoms with Crippen LogP contribution in [0.3, 0.4) is 0 Å². The highest BCUT2D eigenvalue weighted by Gasteiger charge is 2.04. The van der Waals surface area contributed by atoms with Crippen molar-refractivity contribution >= 4 is 27.6 Å². The van der Waals surface area contributed by atoms with Gasteiger partial charge in [-0.15, -0.1) is 0 Å². The molecule has 0 radical (unpaired) electrons. The molecule has 0 saturated carbocycles. The lowest BCUT2D eigenvalue weighted by Gasteiger charge is -2.06. The van der Waals surface area contributed by atoms with Gasteiger partial charge in [0.25, 0.3) is 0 Å². The number of nitrogens with one attached hydrogen (secondary N) is 1. The fourth-order valence-electron chi connectivity index (χ4n) is 1.21. The molecule has 16 heavy (non-hydrogen) atoms. The molecule has 1 N–H and O–H groups in total. The van der Waals surface area contributed by atoms with Crippen molar-refractivity contribution in [1.82, 2.24) is 9.97 Å². The quantitative estimate of drug-likeness (QED) is 0.938. The molecule has 2 aromatic rings. The molecule has 1 aromatic carbocycles. The molecule has 1 heterocycles. The van der Waals surface area contributed by atoms with Crippen LogP contribution >= 0.6 is 15.9 Å². The molecule has 1 aromatic heterocycles. The monoisotopic (exact) mass is 279 g/mol. The topological polar surface area (TPSA) is 47.0 Å². The molecule has 0 saturated heterocycles. The van der Waals surface area contributed by atoms with Crippen molar-refractivity contribution in [2.75, 3.05) is 12.4 Å². The minimum Gasteiger partial charge on any atom is -0.480 e. The maximum absolute atomic E-state index is 5.09. The van der Waals surface area contributed by atoms with Crippen molar-refractivity contribution in [3.8, 4) is 5.88 Å². The van der Waals surface area contributed by atoms with Crippen LogP contribution in [0.15, 0.2) is 41.0 Å². The van der Waals surface area contributed by atoms with E-state index in [1.54, 1.807) is 13.3 Å². The summed E-state index contributed by atoms with van der Waals surface area (Å²) in [7, 11) is 1.57. The van der Waals surface area contributed by atoms with E-state index >= 15 is 0 Å². The summed E-state index contributed by atoms with van der Waals surface area (Å²) in [5.41, 5.74) is 0.937. The van der Waals surface area contributed by atoms with Gasteiger partial charge >= 0.3 is 0 Å². The van der Waals surface area contributed by atoms with Crippen LogP contribution in [0.25, 0.3) is 0 Å². The maximum atomic E-state index is 5.09. The van der Waals surface area contributed by atoms with Crippen LogP contribution in [0, 0.1) is 0 Å². The first-order chi connectivity index (χ1) is 7.79. The van der Waals surface area contributed by atoms with E-state index < -0.39 is 0 Å². The van der Waals surface area contributed by atoms with E-state index in [1.165, 1.54) is 0 Å². The van der Waals surface area contributed by atoms with Gasteiger partial charge in [-0.1, -0.05) is 18.2 Å². The van der Waals surface area contributed by atoms with Crippen molar-refractivity contribution in [2.24, 2.45) is 0 Å². The van der Waals surface area contributed by atoms with E-state index in [0.717, 1.165) is 10.2 Å². The molecule has 0 atom stereocenters. The number of benzene rings is 1. The Labute approximate surface area is 102 Å². The van der Waals surface area contributed by atoms with Crippen LogP contribution < -0.4 is 10.1 Å². The highest BCUT2D eigenvalue weighted by Crippen LogP contribution is 2.23. The third-order valence-corrected chi connectivity index (χ3v) is 2.48. The molecule has 4 nitrogen and oxygen atoms in total. The minimum absolute atomic E-state index is 0.506. The maximum Gasteiger partial charge on any atom is 0.232 e. The summed E-state index contributed by atoms with van der Waals surface area (Å²) in [6.07, 6.45) is 1.65. The molecule has 0 aliphatic rings. The fourth-order valence-corrected chi connectivity index (χ4v) is 1.56. The number of hydrogen-bond donors (Lipinski definition) is 1. The number of nitrogens with zero attached hydrogens (tertiary/aromatic N) is 2. The summed E-state index contributed by atoms with van der Waals surface area (Å²) < 4.78 is 5.82. The number of anilines is 2. The van der Waals surface area contributed by atoms with E-state index in [-0.39, 0.29) is 0 Å². The van der Waals surface area contributed by atoms with Gasteiger partial charge in [0, 0.05) is 5.69 Å². The predicted molar refractivity (Wildman–Crippen MR) is 66.0 cm³/mol. The fraction of sp³-hybridized carbons (Fsp3) is 0.0909. The van der Waals surface area contributed by atoms with Gasteiger partial charge in [-0.2, -0.15) is 4.98 Å². The van der Waals surface area contributed by atoms with Crippen LogP contribution in [-0.4, -0.2) is 17.1 Å². The first-order valence-corrected chi connectivity index (χ1v) is 5.47. The SMILES string of the molecule is COc1nc(Nc2ccccc2)ncc1Br. The predicted octanol–water partition coefficient (Wildman–Crippen LogP) is 2.99. The van der Waals surface area contributed by atoms with Gasteiger partial charge in [-0.25, -0.2) is 4.98 Å². The minimum atomic E-state index is 0.506. The molecule has 0 bridgehead atoms. The molecule has 0 fully saturated rings. The zero-order valence-corrected chi connectivity index (χ0v) is 10.2. The molecule has 0 unspecified atom stereocenters. The zero-order chi connectivity index (χ0) is 11.4. The van der Waals surface area contributed by atoms with Gasteiger partial charge in [-0.3, -0.25) is 0 Å². The van der Waals surface area contributed by atoms with Crippen LogP contribution in [0.2, 0.25) is 0 Å². The van der Waals surface area contributed by atoms with Gasteiger partial charge in [0.15, 0.2) is 0 Å². The molecule has 0 aliphatic heterocycles. The third-order valence-electron chi connectivity index (χ3n) is 1.94. The largest absolute Gasteiger partial charge is 0.480 e. The van der Waals surface area contributed by atoms with Crippen molar-refractivity contribution in [3.05, 3.63) is 41.0 Å². The summed E-state index contributed by atoms with van der Waals surface area (Å²) >= 11 is 3.30. The van der Waals surface area contributed by atoms with E-state index in [0.29, 0.717) is 11.8 Å². The number of ether oxygens (including phenoxy) is 1. The summed E-state index contributed by atoms with van der Waals surface area (Å²) in [6.45, 7) is 0. The molecule has 82 valence electrons. The van der Waals surface area contributed by atoms with Crippen LogP contribution in [-0.2, 0) is 0 Å². The Bertz CT molecular complexity index is 476. The number of methoxy groups -OCH3 is 1. The molecular formula is C11H10BrN3O. The molecule has 0 spiro atoms. The summed E-state index contributed by atoms with van der Waals surface area (Å²) in [5, 5.41) is 3.08. The first-order valence-electron chi connectivity index (χ1n) is 4.68. The molecule has 5 heteroatoms. The van der Waals surface area contributed by atoms with Crippen molar-refractivity contribution in [3.63, 3.8) is 0 Å². The second-order valence-corrected chi connectivity index (χ2v) is 3.90. The molecule has 0 aliphatic carbocycles. The van der Waals surface area contributed by atoms with Gasteiger partial charge < -0.3 is 10.1 Å². The normalized spacial score (nSPS) is 9.88. The average molecular weight is 280 g/mol.